The van der Waals surface area contributed by atoms with Crippen LogP contribution < -0.4 is 9.64 Å². The van der Waals surface area contributed by atoms with Gasteiger partial charge in [0.2, 0.25) is 11.8 Å². The summed E-state index contributed by atoms with van der Waals surface area (Å²) in [6.07, 6.45) is 7.36. The molecule has 82 valence electrons. The molecule has 1 aliphatic rings. The third kappa shape index (κ3) is 1.72. The minimum absolute atomic E-state index is 0.0163. The molecule has 1 aliphatic heterocycles. The largest absolute Gasteiger partial charge is 0.480 e. The molecule has 16 heavy (non-hydrogen) atoms. The van der Waals surface area contributed by atoms with Gasteiger partial charge in [-0.1, -0.05) is 0 Å². The number of carbonyl (C=O) groups excluding carboxylic acids is 1. The van der Waals surface area contributed by atoms with Crippen LogP contribution in [0.2, 0.25) is 0 Å². The molecule has 0 aliphatic carbocycles. The average Bonchev–Trinajstić information content (AvgIpc) is 2.70. The van der Waals surface area contributed by atoms with Crippen LogP contribution in [0, 0.1) is 18.3 Å². The van der Waals surface area contributed by atoms with Crippen LogP contribution in [0.1, 0.15) is 6.42 Å². The molecule has 0 N–H and O–H groups in total. The quantitative estimate of drug-likeness (QED) is 0.695. The highest BCUT2D eigenvalue weighted by atomic mass is 16.5. The van der Waals surface area contributed by atoms with Crippen molar-refractivity contribution >= 4 is 11.6 Å². The predicted octanol–water partition coefficient (Wildman–Crippen LogP) is 1.08. The Morgan fingerprint density at radius 2 is 2.50 bits per heavy atom. The smallest absolute Gasteiger partial charge is 0.237 e. The van der Waals surface area contributed by atoms with Crippen molar-refractivity contribution in [3.63, 3.8) is 0 Å². The third-order valence-electron chi connectivity index (χ3n) is 2.60. The number of pyridine rings is 1. The zero-order chi connectivity index (χ0) is 11.5. The Morgan fingerprint density at radius 3 is 3.12 bits per heavy atom. The standard InChI is InChI=1S/C12H12N2O2/c1-3-9-7-11(15)14(8-9)10-5-4-6-13-12(10)16-2/h1,4-6,9H,7-8H2,2H3. The third-order valence-corrected chi connectivity index (χ3v) is 2.60. The van der Waals surface area contributed by atoms with Crippen molar-refractivity contribution in [2.24, 2.45) is 5.92 Å². The summed E-state index contributed by atoms with van der Waals surface area (Å²) in [5.41, 5.74) is 0.688. The Labute approximate surface area is 94.2 Å². The molecule has 2 rings (SSSR count). The van der Waals surface area contributed by atoms with E-state index in [1.165, 1.54) is 7.11 Å². The van der Waals surface area contributed by atoms with Gasteiger partial charge in [-0.3, -0.25) is 4.79 Å². The van der Waals surface area contributed by atoms with Gasteiger partial charge in [-0.05, 0) is 12.1 Å². The van der Waals surface area contributed by atoms with Gasteiger partial charge in [0.05, 0.1) is 7.11 Å². The number of amides is 1. The Bertz CT molecular complexity index is 451. The fraction of sp³-hybridized carbons (Fsp3) is 0.333. The molecule has 1 saturated heterocycles. The highest BCUT2D eigenvalue weighted by Gasteiger charge is 2.31. The van der Waals surface area contributed by atoms with Crippen LogP contribution in [0.4, 0.5) is 5.69 Å². The number of ether oxygens (including phenoxy) is 1. The number of rotatable bonds is 2. The molecule has 1 unspecified atom stereocenters. The monoisotopic (exact) mass is 216 g/mol. The lowest BCUT2D eigenvalue weighted by Crippen LogP contribution is -2.25. The van der Waals surface area contributed by atoms with Gasteiger partial charge >= 0.3 is 0 Å². The van der Waals surface area contributed by atoms with Crippen molar-refractivity contribution in [1.29, 1.82) is 0 Å². The van der Waals surface area contributed by atoms with E-state index < -0.39 is 0 Å². The molecule has 4 nitrogen and oxygen atoms in total. The molecule has 0 aromatic carbocycles. The van der Waals surface area contributed by atoms with Gasteiger partial charge in [-0.25, -0.2) is 4.98 Å². The van der Waals surface area contributed by atoms with Crippen molar-refractivity contribution in [1.82, 2.24) is 4.98 Å². The Morgan fingerprint density at radius 1 is 1.69 bits per heavy atom. The van der Waals surface area contributed by atoms with E-state index in [4.69, 9.17) is 11.2 Å². The number of terminal acetylenes is 1. The first kappa shape index (κ1) is 10.5. The maximum atomic E-state index is 11.8. The average molecular weight is 216 g/mol. The van der Waals surface area contributed by atoms with Crippen LogP contribution in [-0.2, 0) is 4.79 Å². The van der Waals surface area contributed by atoms with Crippen LogP contribution in [0.25, 0.3) is 0 Å². The number of carbonyl (C=O) groups is 1. The maximum Gasteiger partial charge on any atom is 0.237 e. The van der Waals surface area contributed by atoms with Gasteiger partial charge in [-0.15, -0.1) is 12.3 Å². The number of anilines is 1. The second-order valence-corrected chi connectivity index (χ2v) is 3.60. The topological polar surface area (TPSA) is 42.4 Å². The second kappa shape index (κ2) is 4.23. The van der Waals surface area contributed by atoms with E-state index in [9.17, 15) is 4.79 Å². The molecule has 0 saturated carbocycles. The summed E-state index contributed by atoms with van der Waals surface area (Å²) in [7, 11) is 1.53. The van der Waals surface area contributed by atoms with E-state index in [1.54, 1.807) is 17.2 Å². The second-order valence-electron chi connectivity index (χ2n) is 3.60. The van der Waals surface area contributed by atoms with Crippen LogP contribution in [0.3, 0.4) is 0 Å². The first-order valence-corrected chi connectivity index (χ1v) is 5.01. The maximum absolute atomic E-state index is 11.8. The van der Waals surface area contributed by atoms with Crippen molar-refractivity contribution < 1.29 is 9.53 Å². The summed E-state index contributed by atoms with van der Waals surface area (Å²) in [5, 5.41) is 0. The van der Waals surface area contributed by atoms with Crippen molar-refractivity contribution in [2.75, 3.05) is 18.6 Å². The first-order chi connectivity index (χ1) is 7.76. The Kier molecular flexibility index (Phi) is 2.78. The molecule has 1 atom stereocenters. The van der Waals surface area contributed by atoms with Gasteiger partial charge in [-0.2, -0.15) is 0 Å². The lowest BCUT2D eigenvalue weighted by atomic mass is 10.1. The minimum Gasteiger partial charge on any atom is -0.480 e. The van der Waals surface area contributed by atoms with Crippen LogP contribution in [0.5, 0.6) is 5.88 Å². The summed E-state index contributed by atoms with van der Waals surface area (Å²) in [6.45, 7) is 0.539. The van der Waals surface area contributed by atoms with E-state index in [0.717, 1.165) is 0 Å². The molecule has 0 bridgehead atoms. The van der Waals surface area contributed by atoms with Crippen molar-refractivity contribution in [3.8, 4) is 18.2 Å². The Hall–Kier alpha value is -2.02. The van der Waals surface area contributed by atoms with Gasteiger partial charge < -0.3 is 9.64 Å². The molecule has 1 fully saturated rings. The van der Waals surface area contributed by atoms with E-state index in [2.05, 4.69) is 10.9 Å². The van der Waals surface area contributed by atoms with Gasteiger partial charge in [0.15, 0.2) is 0 Å². The molecule has 1 amide bonds. The van der Waals surface area contributed by atoms with Gasteiger partial charge in [0.1, 0.15) is 5.69 Å². The summed E-state index contributed by atoms with van der Waals surface area (Å²) >= 11 is 0. The van der Waals surface area contributed by atoms with Crippen LogP contribution >= 0.6 is 0 Å². The molecule has 2 heterocycles. The molecule has 0 spiro atoms. The minimum atomic E-state index is -0.0163. The lowest BCUT2D eigenvalue weighted by molar-refractivity contribution is -0.117. The molecular weight excluding hydrogens is 204 g/mol. The zero-order valence-electron chi connectivity index (χ0n) is 9.01. The predicted molar refractivity (Wildman–Crippen MR) is 60.1 cm³/mol. The first-order valence-electron chi connectivity index (χ1n) is 5.01. The van der Waals surface area contributed by atoms with E-state index in [1.807, 2.05) is 6.07 Å². The number of aromatic nitrogens is 1. The summed E-state index contributed by atoms with van der Waals surface area (Å²) in [5.74, 6) is 3.07. The van der Waals surface area contributed by atoms with Crippen molar-refractivity contribution in [2.45, 2.75) is 6.42 Å². The summed E-state index contributed by atoms with van der Waals surface area (Å²) in [4.78, 5) is 17.5. The normalized spacial score (nSPS) is 19.6. The molecule has 1 aromatic heterocycles. The van der Waals surface area contributed by atoms with E-state index in [-0.39, 0.29) is 11.8 Å². The van der Waals surface area contributed by atoms with Crippen LogP contribution in [0.15, 0.2) is 18.3 Å². The van der Waals surface area contributed by atoms with Gasteiger partial charge in [0.25, 0.3) is 0 Å². The number of methoxy groups -OCH3 is 1. The van der Waals surface area contributed by atoms with Crippen LogP contribution in [-0.4, -0.2) is 24.5 Å². The van der Waals surface area contributed by atoms with E-state index in [0.29, 0.717) is 24.5 Å². The lowest BCUT2D eigenvalue weighted by Gasteiger charge is -2.17. The zero-order valence-corrected chi connectivity index (χ0v) is 9.01. The molecule has 4 heteroatoms. The highest BCUT2D eigenvalue weighted by molar-refractivity contribution is 5.97. The number of nitrogens with zero attached hydrogens (tertiary/aromatic N) is 2. The SMILES string of the molecule is C#CC1CC(=O)N(c2cccnc2OC)C1. The fourth-order valence-corrected chi connectivity index (χ4v) is 1.80. The number of hydrogen-bond donors (Lipinski definition) is 0. The Balaban J connectivity index is 2.31. The van der Waals surface area contributed by atoms with Gasteiger partial charge in [0, 0.05) is 25.1 Å². The summed E-state index contributed by atoms with van der Waals surface area (Å²) in [6, 6.07) is 3.58. The number of hydrogen-bond acceptors (Lipinski definition) is 3. The summed E-state index contributed by atoms with van der Waals surface area (Å²) < 4.78 is 5.12. The fourth-order valence-electron chi connectivity index (χ4n) is 1.80. The molecular formula is C12H12N2O2. The van der Waals surface area contributed by atoms with E-state index >= 15 is 0 Å². The van der Waals surface area contributed by atoms with Crippen molar-refractivity contribution in [3.05, 3.63) is 18.3 Å². The molecule has 1 aromatic rings. The molecule has 0 radical (unpaired) electrons. The highest BCUT2D eigenvalue weighted by Crippen LogP contribution is 2.30.